The first-order valence-electron chi connectivity index (χ1n) is 12.7. The number of carbonyl (C=O) groups excluding carboxylic acids is 1. The predicted octanol–water partition coefficient (Wildman–Crippen LogP) is 2.23. The highest BCUT2D eigenvalue weighted by molar-refractivity contribution is 5.88. The Morgan fingerprint density at radius 3 is 2.07 bits per heavy atom. The van der Waals surface area contributed by atoms with Crippen molar-refractivity contribution in [2.45, 2.75) is 56.2 Å². The van der Waals surface area contributed by atoms with E-state index < -0.39 is 48.2 Å². The van der Waals surface area contributed by atoms with Crippen molar-refractivity contribution in [2.75, 3.05) is 13.1 Å². The van der Waals surface area contributed by atoms with Gasteiger partial charge in [0.15, 0.2) is 11.3 Å². The number of fused-ring (bicyclic) bond motifs is 1. The molecule has 1 aromatic carbocycles. The number of benzene rings is 1. The summed E-state index contributed by atoms with van der Waals surface area (Å²) in [6.07, 6.45) is -3.51. The maximum absolute atomic E-state index is 13.4. The molecule has 1 aliphatic rings. The molecule has 4 rings (SSSR count). The number of likely N-dealkylation sites (tertiary alicyclic amines) is 1. The molecule has 1 amide bonds. The number of alkyl halides is 3. The molecule has 16 heteroatoms. The minimum Gasteiger partial charge on any atom is -0.481 e. The number of amides is 1. The smallest absolute Gasteiger partial charge is 0.433 e. The second-order valence-corrected chi connectivity index (χ2v) is 9.65. The van der Waals surface area contributed by atoms with Gasteiger partial charge in [-0.25, -0.2) is 9.78 Å². The van der Waals surface area contributed by atoms with Gasteiger partial charge in [-0.3, -0.25) is 14.4 Å². The average molecular weight is 596 g/mol. The molecule has 0 radical (unpaired) electrons. The highest BCUT2D eigenvalue weighted by atomic mass is 19.4. The van der Waals surface area contributed by atoms with Gasteiger partial charge < -0.3 is 25.3 Å². The maximum Gasteiger partial charge on any atom is 0.433 e. The van der Waals surface area contributed by atoms with Gasteiger partial charge in [-0.2, -0.15) is 27.8 Å². The number of piperidine rings is 1. The molecule has 4 N–H and O–H groups in total. The average Bonchev–Trinajstić information content (AvgIpc) is 3.39. The van der Waals surface area contributed by atoms with Crippen molar-refractivity contribution >= 4 is 29.6 Å². The van der Waals surface area contributed by atoms with Crippen molar-refractivity contribution in [3.05, 3.63) is 59.7 Å². The summed E-state index contributed by atoms with van der Waals surface area (Å²) in [6, 6.07) is 10.9. The fourth-order valence-corrected chi connectivity index (χ4v) is 4.43. The van der Waals surface area contributed by atoms with E-state index in [0.29, 0.717) is 49.0 Å². The van der Waals surface area contributed by atoms with Gasteiger partial charge in [0, 0.05) is 31.1 Å². The van der Waals surface area contributed by atoms with Crippen LogP contribution in [0.5, 0.6) is 0 Å². The summed E-state index contributed by atoms with van der Waals surface area (Å²) in [6.45, 7) is 1.03. The Bertz CT molecular complexity index is 1410. The first kappa shape index (κ1) is 31.9. The Labute approximate surface area is 236 Å². The van der Waals surface area contributed by atoms with Gasteiger partial charge in [0.25, 0.3) is 5.78 Å². The minimum atomic E-state index is -4.54. The van der Waals surface area contributed by atoms with Crippen LogP contribution in [0.2, 0.25) is 0 Å². The van der Waals surface area contributed by atoms with Crippen LogP contribution < -0.4 is 0 Å². The molecule has 1 saturated heterocycles. The zero-order chi connectivity index (χ0) is 31.1. The summed E-state index contributed by atoms with van der Waals surface area (Å²) in [7, 11) is 0. The van der Waals surface area contributed by atoms with Crippen LogP contribution in [0.25, 0.3) is 5.78 Å². The van der Waals surface area contributed by atoms with Gasteiger partial charge in [0.2, 0.25) is 5.91 Å². The molecule has 13 nitrogen and oxygen atoms in total. The van der Waals surface area contributed by atoms with Gasteiger partial charge >= 0.3 is 24.1 Å². The Kier molecular flexibility index (Phi) is 10.2. The standard InChI is InChI=1S/C20H20F3N5O.C6H8O7/c21-20(22,23)17-12-16(26-19-24-13-25-28(17)19)15-8-10-27(11-9-15)18(29)7-6-14-4-2-1-3-5-14;7-3(8)1-6(13,5(11)12)2-4(9)10/h1-5,12-13,15H,6-11H2;13H,1-2H2,(H,7,8)(H,9,10)(H,11,12). The van der Waals surface area contributed by atoms with Crippen LogP contribution >= 0.6 is 0 Å². The molecule has 0 unspecified atom stereocenters. The number of halogens is 3. The number of aryl methyl sites for hydroxylation is 1. The first-order valence-corrected chi connectivity index (χ1v) is 12.7. The van der Waals surface area contributed by atoms with Crippen molar-refractivity contribution in [1.82, 2.24) is 24.5 Å². The molecule has 3 aromatic rings. The van der Waals surface area contributed by atoms with Gasteiger partial charge in [-0.15, -0.1) is 0 Å². The second kappa shape index (κ2) is 13.4. The topological polar surface area (TPSA) is 196 Å². The molecule has 0 saturated carbocycles. The van der Waals surface area contributed by atoms with Gasteiger partial charge in [-0.1, -0.05) is 30.3 Å². The summed E-state index contributed by atoms with van der Waals surface area (Å²) in [4.78, 5) is 52.8. The number of nitrogens with zero attached hydrogens (tertiary/aromatic N) is 5. The van der Waals surface area contributed by atoms with Crippen molar-refractivity contribution in [3.63, 3.8) is 0 Å². The van der Waals surface area contributed by atoms with E-state index in [4.69, 9.17) is 20.4 Å². The third-order valence-corrected chi connectivity index (χ3v) is 6.58. The molecular formula is C26H28F3N5O8. The molecule has 0 atom stereocenters. The Balaban J connectivity index is 0.000000316. The Morgan fingerprint density at radius 1 is 0.952 bits per heavy atom. The van der Waals surface area contributed by atoms with Crippen LogP contribution in [-0.2, 0) is 31.8 Å². The zero-order valence-electron chi connectivity index (χ0n) is 22.1. The van der Waals surface area contributed by atoms with Crippen LogP contribution in [0.3, 0.4) is 0 Å². The predicted molar refractivity (Wildman–Crippen MR) is 136 cm³/mol. The molecule has 3 heterocycles. The fourth-order valence-electron chi connectivity index (χ4n) is 4.43. The van der Waals surface area contributed by atoms with Crippen molar-refractivity contribution < 1.29 is 52.8 Å². The number of hydrogen-bond donors (Lipinski definition) is 4. The highest BCUT2D eigenvalue weighted by Gasteiger charge is 2.41. The van der Waals surface area contributed by atoms with Crippen molar-refractivity contribution in [1.29, 1.82) is 0 Å². The van der Waals surface area contributed by atoms with E-state index in [1.165, 1.54) is 0 Å². The third kappa shape index (κ3) is 8.45. The largest absolute Gasteiger partial charge is 0.481 e. The van der Waals surface area contributed by atoms with E-state index >= 15 is 0 Å². The van der Waals surface area contributed by atoms with E-state index in [9.17, 15) is 32.3 Å². The summed E-state index contributed by atoms with van der Waals surface area (Å²) in [5.74, 6) is -5.15. The quantitative estimate of drug-likeness (QED) is 0.283. The normalized spacial score (nSPS) is 14.2. The second-order valence-electron chi connectivity index (χ2n) is 9.65. The molecular weight excluding hydrogens is 567 g/mol. The van der Waals surface area contributed by atoms with Gasteiger partial charge in [-0.05, 0) is 30.9 Å². The molecule has 226 valence electrons. The molecule has 0 aliphatic carbocycles. The SMILES string of the molecule is O=C(CCc1ccccc1)N1CCC(c2cc(C(F)(F)F)n3ncnc3n2)CC1.O=C(O)CC(O)(CC(=O)O)C(=O)O. The van der Waals surface area contributed by atoms with E-state index in [2.05, 4.69) is 15.1 Å². The van der Waals surface area contributed by atoms with E-state index in [-0.39, 0.29) is 17.6 Å². The van der Waals surface area contributed by atoms with E-state index in [1.54, 1.807) is 4.90 Å². The number of carboxylic acids is 3. The van der Waals surface area contributed by atoms with Crippen molar-refractivity contribution in [2.24, 2.45) is 0 Å². The van der Waals surface area contributed by atoms with Crippen molar-refractivity contribution in [3.8, 4) is 0 Å². The molecule has 1 aliphatic heterocycles. The maximum atomic E-state index is 13.4. The molecule has 0 bridgehead atoms. The Morgan fingerprint density at radius 2 is 1.55 bits per heavy atom. The lowest BCUT2D eigenvalue weighted by Crippen LogP contribution is -2.42. The fraction of sp³-hybridized carbons (Fsp3) is 0.423. The molecule has 2 aromatic heterocycles. The summed E-state index contributed by atoms with van der Waals surface area (Å²) in [5.41, 5.74) is -2.15. The number of rotatable bonds is 9. The zero-order valence-corrected chi connectivity index (χ0v) is 22.1. The molecule has 42 heavy (non-hydrogen) atoms. The molecule has 0 spiro atoms. The minimum absolute atomic E-state index is 0.0591. The number of hydrogen-bond acceptors (Lipinski definition) is 8. The van der Waals surface area contributed by atoms with Crippen LogP contribution in [0.15, 0.2) is 42.7 Å². The lowest BCUT2D eigenvalue weighted by Gasteiger charge is -2.32. The Hall–Kier alpha value is -4.60. The van der Waals surface area contributed by atoms with Crippen LogP contribution in [0.4, 0.5) is 13.2 Å². The van der Waals surface area contributed by atoms with Gasteiger partial charge in [0.05, 0.1) is 12.8 Å². The first-order chi connectivity index (χ1) is 19.7. The summed E-state index contributed by atoms with van der Waals surface area (Å²) >= 11 is 0. The lowest BCUT2D eigenvalue weighted by molar-refractivity contribution is -0.170. The number of carbonyl (C=O) groups is 4. The molecule has 1 fully saturated rings. The van der Waals surface area contributed by atoms with E-state index in [0.717, 1.165) is 18.0 Å². The van der Waals surface area contributed by atoms with Gasteiger partial charge in [0.1, 0.15) is 6.33 Å². The monoisotopic (exact) mass is 595 g/mol. The van der Waals surface area contributed by atoms with Crippen LogP contribution in [0, 0.1) is 0 Å². The lowest BCUT2D eigenvalue weighted by atomic mass is 9.92. The number of aliphatic hydroxyl groups is 1. The highest BCUT2D eigenvalue weighted by Crippen LogP contribution is 2.33. The third-order valence-electron chi connectivity index (χ3n) is 6.58. The van der Waals surface area contributed by atoms with Crippen LogP contribution in [-0.4, -0.2) is 87.4 Å². The number of carboxylic acid groups (broad SMARTS) is 3. The summed E-state index contributed by atoms with van der Waals surface area (Å²) in [5, 5.41) is 37.4. The number of aliphatic carboxylic acids is 3. The van der Waals surface area contributed by atoms with Crippen LogP contribution in [0.1, 0.15) is 55.0 Å². The number of aromatic nitrogens is 4. The van der Waals surface area contributed by atoms with E-state index in [1.807, 2.05) is 30.3 Å². The summed E-state index contributed by atoms with van der Waals surface area (Å²) < 4.78 is 40.8.